The summed E-state index contributed by atoms with van der Waals surface area (Å²) in [6.45, 7) is -0.556. The van der Waals surface area contributed by atoms with Crippen LogP contribution in [0.25, 0.3) is 0 Å². The Morgan fingerprint density at radius 1 is 1.26 bits per heavy atom. The molecule has 3 rings (SSSR count). The van der Waals surface area contributed by atoms with Crippen molar-refractivity contribution in [1.82, 2.24) is 15.2 Å². The third-order valence-corrected chi connectivity index (χ3v) is 4.61. The molecule has 0 aliphatic carbocycles. The van der Waals surface area contributed by atoms with E-state index in [0.29, 0.717) is 12.0 Å². The van der Waals surface area contributed by atoms with Crippen LogP contribution in [0, 0.1) is 0 Å². The van der Waals surface area contributed by atoms with Crippen LogP contribution in [0.4, 0.5) is 23.1 Å². The smallest absolute Gasteiger partial charge is 0.329 e. The first-order valence-corrected chi connectivity index (χ1v) is 8.53. The van der Waals surface area contributed by atoms with Gasteiger partial charge in [0.25, 0.3) is 5.91 Å². The minimum atomic E-state index is -4.38. The van der Waals surface area contributed by atoms with Crippen LogP contribution in [0.5, 0.6) is 0 Å². The number of aromatic nitrogens is 1. The molecule has 0 atom stereocenters. The van der Waals surface area contributed by atoms with Gasteiger partial charge in [0.1, 0.15) is 6.54 Å². The van der Waals surface area contributed by atoms with Crippen molar-refractivity contribution in [2.45, 2.75) is 12.6 Å². The number of amides is 4. The van der Waals surface area contributed by atoms with Gasteiger partial charge in [0.05, 0.1) is 12.1 Å². The average Bonchev–Trinajstić information content (AvgIpc) is 3.16. The highest BCUT2D eigenvalue weighted by molar-refractivity contribution is 7.15. The molecule has 0 radical (unpaired) electrons. The summed E-state index contributed by atoms with van der Waals surface area (Å²) in [5.74, 6) is -1.06. The van der Waals surface area contributed by atoms with Crippen LogP contribution >= 0.6 is 11.3 Å². The maximum atomic E-state index is 12.6. The zero-order valence-corrected chi connectivity index (χ0v) is 14.5. The lowest BCUT2D eigenvalue weighted by molar-refractivity contribution is -0.137. The number of thiazole rings is 1. The zero-order chi connectivity index (χ0) is 19.6. The lowest BCUT2D eigenvalue weighted by atomic mass is 10.1. The standard InChI is InChI=1S/C16H13F3N4O3S/c17-16(18,19)10-3-1-9(2-4-10)5-11-6-20-14(27-11)22-12(24)8-23-13(25)7-21-15(23)26/h1-4,6H,5,7-8H2,(H,21,26)(H,20,22,24). The normalized spacial score (nSPS) is 14.4. The van der Waals surface area contributed by atoms with E-state index < -0.39 is 36.1 Å². The summed E-state index contributed by atoms with van der Waals surface area (Å²) in [4.78, 5) is 40.3. The molecule has 2 heterocycles. The Morgan fingerprint density at radius 2 is 1.96 bits per heavy atom. The van der Waals surface area contributed by atoms with E-state index in [-0.39, 0.29) is 11.7 Å². The van der Waals surface area contributed by atoms with Gasteiger partial charge in [-0.25, -0.2) is 9.78 Å². The Bertz CT molecular complexity index is 864. The molecule has 0 spiro atoms. The number of hydrogen-bond donors (Lipinski definition) is 2. The van der Waals surface area contributed by atoms with Crippen molar-refractivity contribution < 1.29 is 27.6 Å². The van der Waals surface area contributed by atoms with Gasteiger partial charge in [-0.15, -0.1) is 11.3 Å². The highest BCUT2D eigenvalue weighted by atomic mass is 32.1. The SMILES string of the molecule is O=C(CN1C(=O)CNC1=O)Nc1ncc(Cc2ccc(C(F)(F)F)cc2)s1. The van der Waals surface area contributed by atoms with E-state index in [2.05, 4.69) is 15.6 Å². The first kappa shape index (κ1) is 18.8. The molecule has 4 amide bonds. The summed E-state index contributed by atoms with van der Waals surface area (Å²) in [5.41, 5.74) is -0.0483. The molecule has 1 aliphatic rings. The van der Waals surface area contributed by atoms with Crippen LogP contribution in [-0.4, -0.2) is 40.8 Å². The number of urea groups is 1. The highest BCUT2D eigenvalue weighted by Crippen LogP contribution is 2.29. The minimum Gasteiger partial charge on any atom is -0.329 e. The fourth-order valence-corrected chi connectivity index (χ4v) is 3.24. The van der Waals surface area contributed by atoms with Gasteiger partial charge in [0, 0.05) is 17.5 Å². The molecule has 1 aliphatic heterocycles. The molecule has 2 aromatic rings. The van der Waals surface area contributed by atoms with E-state index >= 15 is 0 Å². The van der Waals surface area contributed by atoms with Crippen LogP contribution in [0.2, 0.25) is 0 Å². The highest BCUT2D eigenvalue weighted by Gasteiger charge is 2.31. The van der Waals surface area contributed by atoms with E-state index in [4.69, 9.17) is 0 Å². The molecular weight excluding hydrogens is 385 g/mol. The molecule has 0 unspecified atom stereocenters. The van der Waals surface area contributed by atoms with Crippen LogP contribution in [0.3, 0.4) is 0 Å². The minimum absolute atomic E-state index is 0.138. The molecule has 7 nitrogen and oxygen atoms in total. The van der Waals surface area contributed by atoms with Gasteiger partial charge >= 0.3 is 12.2 Å². The summed E-state index contributed by atoms with van der Waals surface area (Å²) < 4.78 is 37.7. The van der Waals surface area contributed by atoms with Crippen molar-refractivity contribution in [2.24, 2.45) is 0 Å². The predicted molar refractivity (Wildman–Crippen MR) is 90.1 cm³/mol. The number of imide groups is 1. The van der Waals surface area contributed by atoms with Gasteiger partial charge in [0.15, 0.2) is 5.13 Å². The molecule has 1 saturated heterocycles. The zero-order valence-electron chi connectivity index (χ0n) is 13.7. The van der Waals surface area contributed by atoms with Crippen LogP contribution in [0.15, 0.2) is 30.5 Å². The maximum absolute atomic E-state index is 12.6. The van der Waals surface area contributed by atoms with E-state index in [1.165, 1.54) is 18.3 Å². The van der Waals surface area contributed by atoms with Crippen LogP contribution < -0.4 is 10.6 Å². The first-order valence-electron chi connectivity index (χ1n) is 7.71. The lowest BCUT2D eigenvalue weighted by Gasteiger charge is -2.10. The average molecular weight is 398 g/mol. The van der Waals surface area contributed by atoms with Gasteiger partial charge in [0.2, 0.25) is 5.91 Å². The molecule has 11 heteroatoms. The fourth-order valence-electron chi connectivity index (χ4n) is 2.38. The van der Waals surface area contributed by atoms with Crippen molar-refractivity contribution in [3.63, 3.8) is 0 Å². The van der Waals surface area contributed by atoms with Crippen molar-refractivity contribution in [3.8, 4) is 0 Å². The summed E-state index contributed by atoms with van der Waals surface area (Å²) in [5, 5.41) is 5.07. The van der Waals surface area contributed by atoms with Gasteiger partial charge in [-0.1, -0.05) is 12.1 Å². The number of carbonyl (C=O) groups is 3. The molecule has 1 fully saturated rings. The van der Waals surface area contributed by atoms with Gasteiger partial charge in [-0.2, -0.15) is 13.2 Å². The first-order chi connectivity index (χ1) is 12.7. The van der Waals surface area contributed by atoms with Crippen molar-refractivity contribution in [1.29, 1.82) is 0 Å². The van der Waals surface area contributed by atoms with Crippen molar-refractivity contribution in [3.05, 3.63) is 46.5 Å². The third kappa shape index (κ3) is 4.61. The molecule has 27 heavy (non-hydrogen) atoms. The number of nitrogens with zero attached hydrogens (tertiary/aromatic N) is 2. The van der Waals surface area contributed by atoms with Gasteiger partial charge in [-0.05, 0) is 17.7 Å². The molecule has 2 N–H and O–H groups in total. The Kier molecular flexibility index (Phi) is 5.13. The van der Waals surface area contributed by atoms with Crippen LogP contribution in [-0.2, 0) is 22.2 Å². The topological polar surface area (TPSA) is 91.4 Å². The summed E-state index contributed by atoms with van der Waals surface area (Å²) >= 11 is 1.16. The van der Waals surface area contributed by atoms with Crippen molar-refractivity contribution in [2.75, 3.05) is 18.4 Å². The number of carbonyl (C=O) groups excluding carboxylic acids is 3. The Morgan fingerprint density at radius 3 is 2.56 bits per heavy atom. The lowest BCUT2D eigenvalue weighted by Crippen LogP contribution is -2.38. The largest absolute Gasteiger partial charge is 0.416 e. The number of halogens is 3. The van der Waals surface area contributed by atoms with E-state index in [1.54, 1.807) is 0 Å². The van der Waals surface area contributed by atoms with E-state index in [1.807, 2.05) is 0 Å². The molecule has 0 saturated carbocycles. The fraction of sp³-hybridized carbons (Fsp3) is 0.250. The monoisotopic (exact) mass is 398 g/mol. The number of alkyl halides is 3. The third-order valence-electron chi connectivity index (χ3n) is 3.70. The molecule has 142 valence electrons. The number of hydrogen-bond acceptors (Lipinski definition) is 5. The molecule has 1 aromatic carbocycles. The van der Waals surface area contributed by atoms with Gasteiger partial charge in [-0.3, -0.25) is 14.5 Å². The Labute approximate surface area is 155 Å². The number of benzene rings is 1. The van der Waals surface area contributed by atoms with E-state index in [9.17, 15) is 27.6 Å². The molecule has 0 bridgehead atoms. The summed E-state index contributed by atoms with van der Waals surface area (Å²) in [7, 11) is 0. The predicted octanol–water partition coefficient (Wildman–Crippen LogP) is 2.24. The number of nitrogens with one attached hydrogen (secondary N) is 2. The molecule has 1 aromatic heterocycles. The summed E-state index contributed by atoms with van der Waals surface area (Å²) in [6, 6.07) is 4.17. The second-order valence-corrected chi connectivity index (χ2v) is 6.81. The van der Waals surface area contributed by atoms with Crippen molar-refractivity contribution >= 4 is 34.3 Å². The number of rotatable bonds is 5. The molecular formula is C16H13F3N4O3S. The number of anilines is 1. The summed E-state index contributed by atoms with van der Waals surface area (Å²) in [6.07, 6.45) is -2.52. The van der Waals surface area contributed by atoms with Gasteiger partial charge < -0.3 is 10.6 Å². The van der Waals surface area contributed by atoms with E-state index in [0.717, 1.165) is 33.2 Å². The second-order valence-electron chi connectivity index (χ2n) is 5.69. The maximum Gasteiger partial charge on any atom is 0.416 e. The van der Waals surface area contributed by atoms with Crippen LogP contribution in [0.1, 0.15) is 16.0 Å². The second kappa shape index (κ2) is 7.35. The Hall–Kier alpha value is -2.95. The quantitative estimate of drug-likeness (QED) is 0.756. The Balaban J connectivity index is 1.57.